The first-order valence-electron chi connectivity index (χ1n) is 4.22. The van der Waals surface area contributed by atoms with Crippen molar-refractivity contribution in [1.29, 1.82) is 0 Å². The zero-order valence-corrected chi connectivity index (χ0v) is 6.86. The molecule has 1 aromatic rings. The summed E-state index contributed by atoms with van der Waals surface area (Å²) >= 11 is 0. The summed E-state index contributed by atoms with van der Waals surface area (Å²) in [7, 11) is 0. The van der Waals surface area contributed by atoms with E-state index in [2.05, 4.69) is 12.1 Å². The zero-order chi connectivity index (χ0) is 8.39. The molecule has 0 heterocycles. The Morgan fingerprint density at radius 1 is 1.42 bits per heavy atom. The van der Waals surface area contributed by atoms with Crippen molar-refractivity contribution in [2.24, 2.45) is 0 Å². The van der Waals surface area contributed by atoms with Crippen LogP contribution < -0.4 is 0 Å². The SMILES string of the molecule is OCCOC1Cc2ccccc21. The van der Waals surface area contributed by atoms with Gasteiger partial charge in [0, 0.05) is 6.42 Å². The second-order valence-electron chi connectivity index (χ2n) is 2.99. The molecule has 0 aromatic heterocycles. The number of rotatable bonds is 3. The molecule has 12 heavy (non-hydrogen) atoms. The molecule has 64 valence electrons. The first-order chi connectivity index (χ1) is 5.92. The van der Waals surface area contributed by atoms with Crippen LogP contribution in [0, 0.1) is 0 Å². The van der Waals surface area contributed by atoms with Gasteiger partial charge in [0.15, 0.2) is 0 Å². The van der Waals surface area contributed by atoms with Gasteiger partial charge in [0.25, 0.3) is 0 Å². The molecule has 0 bridgehead atoms. The number of ether oxygens (including phenoxy) is 1. The lowest BCUT2D eigenvalue weighted by Gasteiger charge is -2.29. The van der Waals surface area contributed by atoms with E-state index in [0.29, 0.717) is 6.61 Å². The van der Waals surface area contributed by atoms with Gasteiger partial charge in [-0.25, -0.2) is 0 Å². The molecule has 1 atom stereocenters. The van der Waals surface area contributed by atoms with E-state index in [0.717, 1.165) is 6.42 Å². The van der Waals surface area contributed by atoms with Crippen molar-refractivity contribution >= 4 is 0 Å². The van der Waals surface area contributed by atoms with Crippen LogP contribution in [0.2, 0.25) is 0 Å². The topological polar surface area (TPSA) is 29.5 Å². The maximum absolute atomic E-state index is 8.56. The Labute approximate surface area is 71.8 Å². The maximum Gasteiger partial charge on any atom is 0.0869 e. The smallest absolute Gasteiger partial charge is 0.0869 e. The van der Waals surface area contributed by atoms with E-state index < -0.39 is 0 Å². The number of hydrogen-bond donors (Lipinski definition) is 1. The fourth-order valence-electron chi connectivity index (χ4n) is 1.56. The summed E-state index contributed by atoms with van der Waals surface area (Å²) in [6, 6.07) is 8.27. The molecule has 1 aromatic carbocycles. The third-order valence-corrected chi connectivity index (χ3v) is 2.22. The number of benzene rings is 1. The van der Waals surface area contributed by atoms with Crippen LogP contribution in [0.25, 0.3) is 0 Å². The van der Waals surface area contributed by atoms with Gasteiger partial charge in [-0.2, -0.15) is 0 Å². The van der Waals surface area contributed by atoms with E-state index >= 15 is 0 Å². The Morgan fingerprint density at radius 2 is 2.25 bits per heavy atom. The summed E-state index contributed by atoms with van der Waals surface area (Å²) in [6.07, 6.45) is 1.23. The lowest BCUT2D eigenvalue weighted by molar-refractivity contribution is 0.0149. The van der Waals surface area contributed by atoms with Crippen LogP contribution in [-0.2, 0) is 11.2 Å². The minimum Gasteiger partial charge on any atom is -0.394 e. The lowest BCUT2D eigenvalue weighted by Crippen LogP contribution is -2.20. The van der Waals surface area contributed by atoms with Gasteiger partial charge in [0.05, 0.1) is 19.3 Å². The predicted molar refractivity (Wildman–Crippen MR) is 45.9 cm³/mol. The molecule has 1 N–H and O–H groups in total. The molecule has 0 amide bonds. The molecule has 0 aliphatic heterocycles. The molecule has 0 spiro atoms. The minimum atomic E-state index is 0.110. The summed E-state index contributed by atoms with van der Waals surface area (Å²) in [5, 5.41) is 8.56. The Hall–Kier alpha value is -0.860. The van der Waals surface area contributed by atoms with Crippen molar-refractivity contribution < 1.29 is 9.84 Å². The molecule has 2 heteroatoms. The second-order valence-corrected chi connectivity index (χ2v) is 2.99. The van der Waals surface area contributed by atoms with Gasteiger partial charge in [0.2, 0.25) is 0 Å². The van der Waals surface area contributed by atoms with E-state index in [1.165, 1.54) is 11.1 Å². The van der Waals surface area contributed by atoms with Crippen LogP contribution in [-0.4, -0.2) is 18.3 Å². The van der Waals surface area contributed by atoms with Crippen LogP contribution in [0.5, 0.6) is 0 Å². The third-order valence-electron chi connectivity index (χ3n) is 2.22. The molecular weight excluding hydrogens is 152 g/mol. The van der Waals surface area contributed by atoms with Gasteiger partial charge in [0.1, 0.15) is 0 Å². The Kier molecular flexibility index (Phi) is 2.11. The summed E-state index contributed by atoms with van der Waals surface area (Å²) in [6.45, 7) is 0.553. The largest absolute Gasteiger partial charge is 0.394 e. The average molecular weight is 164 g/mol. The maximum atomic E-state index is 8.56. The fourth-order valence-corrected chi connectivity index (χ4v) is 1.56. The number of aliphatic hydroxyl groups excluding tert-OH is 1. The van der Waals surface area contributed by atoms with Crippen molar-refractivity contribution in [3.8, 4) is 0 Å². The van der Waals surface area contributed by atoms with Crippen molar-refractivity contribution in [1.82, 2.24) is 0 Å². The summed E-state index contributed by atoms with van der Waals surface area (Å²) in [5.41, 5.74) is 2.66. The molecule has 2 nitrogen and oxygen atoms in total. The number of hydrogen-bond acceptors (Lipinski definition) is 2. The van der Waals surface area contributed by atoms with Crippen LogP contribution in [0.3, 0.4) is 0 Å². The Bertz CT molecular complexity index is 270. The molecule has 2 rings (SSSR count). The second kappa shape index (κ2) is 3.25. The summed E-state index contributed by atoms with van der Waals surface area (Å²) in [4.78, 5) is 0. The number of fused-ring (bicyclic) bond motifs is 1. The highest BCUT2D eigenvalue weighted by molar-refractivity contribution is 5.37. The van der Waals surface area contributed by atoms with E-state index in [-0.39, 0.29) is 12.7 Å². The van der Waals surface area contributed by atoms with Gasteiger partial charge in [-0.05, 0) is 11.1 Å². The quantitative estimate of drug-likeness (QED) is 0.729. The highest BCUT2D eigenvalue weighted by atomic mass is 16.5. The monoisotopic (exact) mass is 164 g/mol. The molecule has 1 unspecified atom stereocenters. The molecule has 0 saturated heterocycles. The van der Waals surface area contributed by atoms with Gasteiger partial charge in [-0.15, -0.1) is 0 Å². The summed E-state index contributed by atoms with van der Waals surface area (Å²) in [5.74, 6) is 0. The Morgan fingerprint density at radius 3 is 3.00 bits per heavy atom. The van der Waals surface area contributed by atoms with Gasteiger partial charge < -0.3 is 9.84 Å². The molecule has 0 radical (unpaired) electrons. The normalized spacial score (nSPS) is 19.9. The van der Waals surface area contributed by atoms with Gasteiger partial charge in [-0.3, -0.25) is 0 Å². The molecule has 1 aliphatic carbocycles. The Balaban J connectivity index is 2.00. The van der Waals surface area contributed by atoms with Crippen molar-refractivity contribution in [3.63, 3.8) is 0 Å². The van der Waals surface area contributed by atoms with E-state index in [1.54, 1.807) is 0 Å². The van der Waals surface area contributed by atoms with Crippen LogP contribution in [0.4, 0.5) is 0 Å². The van der Waals surface area contributed by atoms with Crippen LogP contribution >= 0.6 is 0 Å². The summed E-state index contributed by atoms with van der Waals surface area (Å²) < 4.78 is 5.40. The molecular formula is C10H12O2. The van der Waals surface area contributed by atoms with E-state index in [1.807, 2.05) is 12.1 Å². The molecule has 0 saturated carbocycles. The first-order valence-corrected chi connectivity index (χ1v) is 4.22. The molecule has 0 fully saturated rings. The minimum absolute atomic E-state index is 0.110. The van der Waals surface area contributed by atoms with E-state index in [9.17, 15) is 0 Å². The zero-order valence-electron chi connectivity index (χ0n) is 6.86. The van der Waals surface area contributed by atoms with E-state index in [4.69, 9.17) is 9.84 Å². The number of aliphatic hydroxyl groups is 1. The van der Waals surface area contributed by atoms with Gasteiger partial charge in [-0.1, -0.05) is 24.3 Å². The van der Waals surface area contributed by atoms with Crippen molar-refractivity contribution in [2.45, 2.75) is 12.5 Å². The molecule has 1 aliphatic rings. The van der Waals surface area contributed by atoms with Crippen LogP contribution in [0.15, 0.2) is 24.3 Å². The van der Waals surface area contributed by atoms with Crippen molar-refractivity contribution in [3.05, 3.63) is 35.4 Å². The van der Waals surface area contributed by atoms with Crippen molar-refractivity contribution in [2.75, 3.05) is 13.2 Å². The highest BCUT2D eigenvalue weighted by Gasteiger charge is 2.25. The highest BCUT2D eigenvalue weighted by Crippen LogP contribution is 2.35. The van der Waals surface area contributed by atoms with Crippen LogP contribution in [0.1, 0.15) is 17.2 Å². The van der Waals surface area contributed by atoms with Gasteiger partial charge >= 0.3 is 0 Å². The third kappa shape index (κ3) is 1.24. The fraction of sp³-hybridized carbons (Fsp3) is 0.400. The standard InChI is InChI=1S/C10H12O2/c11-5-6-12-10-7-8-3-1-2-4-9(8)10/h1-4,10-11H,5-7H2. The average Bonchev–Trinajstić information content (AvgIpc) is 2.07. The lowest BCUT2D eigenvalue weighted by atomic mass is 9.85. The predicted octanol–water partition coefficient (Wildman–Crippen LogP) is 1.29. The first kappa shape index (κ1) is 7.77.